The van der Waals surface area contributed by atoms with Crippen LogP contribution in [0, 0.1) is 5.92 Å². The zero-order chi connectivity index (χ0) is 17.5. The molecular weight excluding hydrogens is 304 g/mol. The van der Waals surface area contributed by atoms with Crippen LogP contribution >= 0.6 is 0 Å². The molecule has 0 aliphatic carbocycles. The number of nitrogens with zero attached hydrogens (tertiary/aromatic N) is 1. The molecule has 1 aliphatic heterocycles. The Labute approximate surface area is 143 Å². The summed E-state index contributed by atoms with van der Waals surface area (Å²) in [6.45, 7) is 7.64. The summed E-state index contributed by atoms with van der Waals surface area (Å²) in [4.78, 5) is 25.4. The highest BCUT2D eigenvalue weighted by Crippen LogP contribution is 2.17. The highest BCUT2D eigenvalue weighted by atomic mass is 16.5. The lowest BCUT2D eigenvalue weighted by Gasteiger charge is -2.36. The fourth-order valence-electron chi connectivity index (χ4n) is 2.83. The first-order chi connectivity index (χ1) is 11.5. The highest BCUT2D eigenvalue weighted by molar-refractivity contribution is 5.92. The Hall–Kier alpha value is -2.14. The lowest BCUT2D eigenvalue weighted by Crippen LogP contribution is -2.48. The third-order valence-electron chi connectivity index (χ3n) is 3.90. The smallest absolute Gasteiger partial charge is 0.246 e. The van der Waals surface area contributed by atoms with Crippen LogP contribution in [-0.2, 0) is 14.3 Å². The van der Waals surface area contributed by atoms with Crippen molar-refractivity contribution in [3.63, 3.8) is 0 Å². The largest absolute Gasteiger partial charge is 0.377 e. The van der Waals surface area contributed by atoms with Crippen molar-refractivity contribution in [2.24, 2.45) is 5.92 Å². The summed E-state index contributed by atoms with van der Waals surface area (Å²) in [7, 11) is 0. The number of hydrogen-bond donors (Lipinski definition) is 1. The Balaban J connectivity index is 1.99. The van der Waals surface area contributed by atoms with E-state index in [4.69, 9.17) is 4.74 Å². The van der Waals surface area contributed by atoms with E-state index in [9.17, 15) is 9.59 Å². The van der Waals surface area contributed by atoms with Crippen LogP contribution in [0.2, 0.25) is 0 Å². The van der Waals surface area contributed by atoms with E-state index >= 15 is 0 Å². The van der Waals surface area contributed by atoms with E-state index in [-0.39, 0.29) is 17.9 Å². The first-order valence-electron chi connectivity index (χ1n) is 8.40. The molecule has 2 amide bonds. The van der Waals surface area contributed by atoms with Crippen molar-refractivity contribution in [1.82, 2.24) is 4.90 Å². The molecule has 1 fully saturated rings. The average molecular weight is 330 g/mol. The topological polar surface area (TPSA) is 58.6 Å². The monoisotopic (exact) mass is 330 g/mol. The average Bonchev–Trinajstić information content (AvgIpc) is 2.53. The number of benzene rings is 1. The van der Waals surface area contributed by atoms with E-state index in [1.807, 2.05) is 35.2 Å². The number of rotatable bonds is 5. The van der Waals surface area contributed by atoms with Crippen LogP contribution in [0.25, 0.3) is 6.08 Å². The van der Waals surface area contributed by atoms with E-state index in [0.717, 1.165) is 17.7 Å². The van der Waals surface area contributed by atoms with Gasteiger partial charge in [0.2, 0.25) is 11.8 Å². The van der Waals surface area contributed by atoms with Crippen molar-refractivity contribution in [2.45, 2.75) is 33.2 Å². The quantitative estimate of drug-likeness (QED) is 0.845. The molecule has 1 atom stereocenters. The summed E-state index contributed by atoms with van der Waals surface area (Å²) in [5.74, 6) is 0.448. The predicted molar refractivity (Wildman–Crippen MR) is 95.6 cm³/mol. The maximum Gasteiger partial charge on any atom is 0.246 e. The van der Waals surface area contributed by atoms with Gasteiger partial charge >= 0.3 is 0 Å². The molecule has 0 aromatic heterocycles. The molecule has 0 radical (unpaired) electrons. The first-order valence-corrected chi connectivity index (χ1v) is 8.40. The molecule has 1 N–H and O–H groups in total. The lowest BCUT2D eigenvalue weighted by atomic mass is 10.0. The molecular formula is C19H26N2O3. The molecule has 0 spiro atoms. The van der Waals surface area contributed by atoms with Gasteiger partial charge in [-0.2, -0.15) is 0 Å². The number of anilines is 1. The van der Waals surface area contributed by atoms with Gasteiger partial charge in [0.1, 0.15) is 0 Å². The third kappa shape index (κ3) is 5.49. The van der Waals surface area contributed by atoms with E-state index in [1.54, 1.807) is 6.08 Å². The van der Waals surface area contributed by atoms with Crippen molar-refractivity contribution in [1.29, 1.82) is 0 Å². The molecule has 5 nitrogen and oxygen atoms in total. The highest BCUT2D eigenvalue weighted by Gasteiger charge is 2.26. The van der Waals surface area contributed by atoms with Crippen LogP contribution < -0.4 is 5.32 Å². The molecule has 1 aliphatic rings. The van der Waals surface area contributed by atoms with E-state index < -0.39 is 0 Å². The zero-order valence-corrected chi connectivity index (χ0v) is 14.6. The van der Waals surface area contributed by atoms with Gasteiger partial charge in [-0.1, -0.05) is 26.0 Å². The molecule has 5 heteroatoms. The van der Waals surface area contributed by atoms with Gasteiger partial charge in [0.15, 0.2) is 0 Å². The summed E-state index contributed by atoms with van der Waals surface area (Å²) in [6, 6.07) is 7.54. The minimum absolute atomic E-state index is 0.0230. The third-order valence-corrected chi connectivity index (χ3v) is 3.90. The molecule has 1 saturated heterocycles. The van der Waals surface area contributed by atoms with Crippen molar-refractivity contribution in [2.75, 3.05) is 25.1 Å². The summed E-state index contributed by atoms with van der Waals surface area (Å²) in [5, 5.41) is 2.72. The summed E-state index contributed by atoms with van der Waals surface area (Å²) in [5.41, 5.74) is 1.67. The van der Waals surface area contributed by atoms with E-state index in [0.29, 0.717) is 25.7 Å². The van der Waals surface area contributed by atoms with Crippen molar-refractivity contribution < 1.29 is 14.3 Å². The van der Waals surface area contributed by atoms with Gasteiger partial charge in [0, 0.05) is 25.2 Å². The van der Waals surface area contributed by atoms with Crippen molar-refractivity contribution in [3.05, 3.63) is 35.9 Å². The van der Waals surface area contributed by atoms with Gasteiger partial charge in [0.05, 0.1) is 19.3 Å². The normalized spacial score (nSPS) is 18.2. The molecule has 1 aromatic carbocycles. The number of ether oxygens (including phenoxy) is 1. The number of nitrogens with one attached hydrogen (secondary N) is 1. The Morgan fingerprint density at radius 3 is 2.67 bits per heavy atom. The molecule has 1 heterocycles. The van der Waals surface area contributed by atoms with Gasteiger partial charge in [-0.3, -0.25) is 9.59 Å². The maximum atomic E-state index is 12.5. The fourth-order valence-corrected chi connectivity index (χ4v) is 2.83. The molecule has 1 unspecified atom stereocenters. The second kappa shape index (κ2) is 8.64. The molecule has 0 bridgehead atoms. The van der Waals surface area contributed by atoms with Crippen LogP contribution in [0.5, 0.6) is 0 Å². The summed E-state index contributed by atoms with van der Waals surface area (Å²) < 4.78 is 5.52. The van der Waals surface area contributed by atoms with Gasteiger partial charge in [-0.05, 0) is 36.1 Å². The maximum absolute atomic E-state index is 12.5. The molecule has 0 saturated carbocycles. The van der Waals surface area contributed by atoms with Crippen LogP contribution in [0.4, 0.5) is 5.69 Å². The standard InChI is InChI=1S/C19H26N2O3/c1-14(2)12-18-13-24-11-10-21(18)19(23)9-6-16-4-7-17(8-5-16)20-15(3)22/h4-9,14,18H,10-13H2,1-3H3,(H,20,22). The number of hydrogen-bond acceptors (Lipinski definition) is 3. The molecule has 2 rings (SSSR count). The van der Waals surface area contributed by atoms with Crippen LogP contribution in [0.1, 0.15) is 32.8 Å². The Bertz CT molecular complexity index is 593. The number of carbonyl (C=O) groups excluding carboxylic acids is 2. The van der Waals surface area contributed by atoms with Gasteiger partial charge < -0.3 is 15.0 Å². The molecule has 130 valence electrons. The van der Waals surface area contributed by atoms with Crippen LogP contribution in [-0.4, -0.2) is 42.5 Å². The van der Waals surface area contributed by atoms with Gasteiger partial charge in [-0.15, -0.1) is 0 Å². The number of morpholine rings is 1. The second-order valence-electron chi connectivity index (χ2n) is 6.53. The van der Waals surface area contributed by atoms with Gasteiger partial charge in [-0.25, -0.2) is 0 Å². The molecule has 24 heavy (non-hydrogen) atoms. The SMILES string of the molecule is CC(=O)Nc1ccc(C=CC(=O)N2CCOCC2CC(C)C)cc1. The zero-order valence-electron chi connectivity index (χ0n) is 14.6. The minimum atomic E-state index is -0.100. The van der Waals surface area contributed by atoms with E-state index in [1.165, 1.54) is 6.92 Å². The van der Waals surface area contributed by atoms with E-state index in [2.05, 4.69) is 19.2 Å². The Morgan fingerprint density at radius 2 is 2.04 bits per heavy atom. The van der Waals surface area contributed by atoms with Crippen LogP contribution in [0.15, 0.2) is 30.3 Å². The summed E-state index contributed by atoms with van der Waals surface area (Å²) in [6.07, 6.45) is 4.37. The Kier molecular flexibility index (Phi) is 6.55. The predicted octanol–water partition coefficient (Wildman–Crippen LogP) is 2.93. The second-order valence-corrected chi connectivity index (χ2v) is 6.53. The first kappa shape index (κ1) is 18.2. The van der Waals surface area contributed by atoms with Crippen LogP contribution in [0.3, 0.4) is 0 Å². The number of carbonyl (C=O) groups is 2. The molecule has 1 aromatic rings. The number of amides is 2. The van der Waals surface area contributed by atoms with Crippen molar-refractivity contribution >= 4 is 23.6 Å². The Morgan fingerprint density at radius 1 is 1.33 bits per heavy atom. The summed E-state index contributed by atoms with van der Waals surface area (Å²) >= 11 is 0. The minimum Gasteiger partial charge on any atom is -0.377 e. The van der Waals surface area contributed by atoms with Gasteiger partial charge in [0.25, 0.3) is 0 Å². The lowest BCUT2D eigenvalue weighted by molar-refractivity contribution is -0.135. The van der Waals surface area contributed by atoms with Crippen molar-refractivity contribution in [3.8, 4) is 0 Å². The fraction of sp³-hybridized carbons (Fsp3) is 0.474.